The van der Waals surface area contributed by atoms with Crippen LogP contribution in [-0.2, 0) is 10.3 Å². The number of nitrogens with one attached hydrogen (secondary N) is 1. The van der Waals surface area contributed by atoms with Crippen molar-refractivity contribution in [1.82, 2.24) is 5.32 Å². The van der Waals surface area contributed by atoms with Crippen molar-refractivity contribution < 1.29 is 9.53 Å². The molecule has 2 heterocycles. The number of anilines is 1. The monoisotopic (exact) mass is 288 g/mol. The first-order valence-electron chi connectivity index (χ1n) is 7.76. The van der Waals surface area contributed by atoms with Crippen LogP contribution in [0.1, 0.15) is 45.6 Å². The van der Waals surface area contributed by atoms with Crippen LogP contribution in [0.2, 0.25) is 0 Å². The van der Waals surface area contributed by atoms with Crippen molar-refractivity contribution in [2.75, 3.05) is 18.0 Å². The van der Waals surface area contributed by atoms with E-state index in [1.54, 1.807) is 4.90 Å². The summed E-state index contributed by atoms with van der Waals surface area (Å²) in [6.45, 7) is 7.47. The number of carbonyl (C=O) groups excluding carboxylic acids is 1. The first-order valence-corrected chi connectivity index (χ1v) is 7.76. The quantitative estimate of drug-likeness (QED) is 0.795. The predicted molar refractivity (Wildman–Crippen MR) is 83.6 cm³/mol. The summed E-state index contributed by atoms with van der Waals surface area (Å²) >= 11 is 0. The summed E-state index contributed by atoms with van der Waals surface area (Å²) in [6, 6.07) is 8.22. The number of carbonyl (C=O) groups is 1. The van der Waals surface area contributed by atoms with Gasteiger partial charge in [-0.2, -0.15) is 0 Å². The van der Waals surface area contributed by atoms with Gasteiger partial charge in [-0.05, 0) is 58.2 Å². The molecule has 1 amide bonds. The van der Waals surface area contributed by atoms with E-state index in [9.17, 15) is 4.79 Å². The molecule has 1 saturated heterocycles. The third-order valence-corrected chi connectivity index (χ3v) is 4.33. The highest BCUT2D eigenvalue weighted by molar-refractivity contribution is 5.90. The van der Waals surface area contributed by atoms with Crippen molar-refractivity contribution in [2.45, 2.75) is 51.2 Å². The number of rotatable bonds is 0. The number of benzene rings is 1. The second kappa shape index (κ2) is 5.02. The van der Waals surface area contributed by atoms with E-state index in [4.69, 9.17) is 4.74 Å². The van der Waals surface area contributed by atoms with Crippen LogP contribution in [-0.4, -0.2) is 24.8 Å². The Labute approximate surface area is 126 Å². The van der Waals surface area contributed by atoms with E-state index >= 15 is 0 Å². The zero-order valence-electron chi connectivity index (χ0n) is 13.1. The molecule has 0 saturated carbocycles. The average Bonchev–Trinajstić information content (AvgIpc) is 2.87. The van der Waals surface area contributed by atoms with E-state index < -0.39 is 5.60 Å². The third kappa shape index (κ3) is 2.64. The predicted octanol–water partition coefficient (Wildman–Crippen LogP) is 3.41. The van der Waals surface area contributed by atoms with E-state index in [1.807, 2.05) is 32.9 Å². The molecule has 1 unspecified atom stereocenters. The fraction of sp³-hybridized carbons (Fsp3) is 0.588. The highest BCUT2D eigenvalue weighted by atomic mass is 16.6. The Hall–Kier alpha value is -1.55. The normalized spacial score (nSPS) is 25.0. The first kappa shape index (κ1) is 14.4. The topological polar surface area (TPSA) is 41.6 Å². The summed E-state index contributed by atoms with van der Waals surface area (Å²) in [4.78, 5) is 14.2. The van der Waals surface area contributed by atoms with Gasteiger partial charge in [0.2, 0.25) is 0 Å². The van der Waals surface area contributed by atoms with Crippen molar-refractivity contribution in [3.05, 3.63) is 29.8 Å². The Morgan fingerprint density at radius 3 is 2.71 bits per heavy atom. The van der Waals surface area contributed by atoms with Crippen molar-refractivity contribution in [3.8, 4) is 0 Å². The number of hydrogen-bond donors (Lipinski definition) is 1. The summed E-state index contributed by atoms with van der Waals surface area (Å²) in [5.41, 5.74) is 1.81. The molecule has 0 bridgehead atoms. The Morgan fingerprint density at radius 2 is 2.05 bits per heavy atom. The lowest BCUT2D eigenvalue weighted by Crippen LogP contribution is -2.48. The fourth-order valence-electron chi connectivity index (χ4n) is 3.43. The molecule has 1 spiro atoms. The lowest BCUT2D eigenvalue weighted by atomic mass is 9.81. The maximum Gasteiger partial charge on any atom is 0.414 e. The molecule has 4 heteroatoms. The number of para-hydroxylation sites is 1. The van der Waals surface area contributed by atoms with Gasteiger partial charge in [0, 0.05) is 12.1 Å². The first-order chi connectivity index (χ1) is 9.91. The van der Waals surface area contributed by atoms with Gasteiger partial charge in [0.25, 0.3) is 0 Å². The summed E-state index contributed by atoms with van der Waals surface area (Å²) in [6.07, 6.45) is 3.04. The van der Waals surface area contributed by atoms with Crippen LogP contribution in [0.5, 0.6) is 0 Å². The third-order valence-electron chi connectivity index (χ3n) is 4.33. The Morgan fingerprint density at radius 1 is 1.29 bits per heavy atom. The summed E-state index contributed by atoms with van der Waals surface area (Å²) < 4.78 is 5.55. The smallest absolute Gasteiger partial charge is 0.414 e. The Balaban J connectivity index is 1.93. The second-order valence-corrected chi connectivity index (χ2v) is 7.01. The minimum atomic E-state index is -0.466. The minimum Gasteiger partial charge on any atom is -0.443 e. The van der Waals surface area contributed by atoms with Crippen molar-refractivity contribution in [3.63, 3.8) is 0 Å². The van der Waals surface area contributed by atoms with E-state index in [2.05, 4.69) is 17.4 Å². The zero-order chi connectivity index (χ0) is 15.1. The second-order valence-electron chi connectivity index (χ2n) is 7.01. The molecule has 1 atom stereocenters. The summed E-state index contributed by atoms with van der Waals surface area (Å²) in [7, 11) is 0. The zero-order valence-corrected chi connectivity index (χ0v) is 13.1. The molecule has 0 aliphatic carbocycles. The number of amides is 1. The molecule has 1 N–H and O–H groups in total. The summed E-state index contributed by atoms with van der Waals surface area (Å²) in [5, 5.41) is 3.66. The number of ether oxygens (including phenoxy) is 1. The number of hydrogen-bond acceptors (Lipinski definition) is 3. The van der Waals surface area contributed by atoms with E-state index in [0.717, 1.165) is 25.1 Å². The molecule has 2 aliphatic heterocycles. The minimum absolute atomic E-state index is 0.0507. The molecule has 3 rings (SSSR count). The van der Waals surface area contributed by atoms with Gasteiger partial charge in [0.1, 0.15) is 5.60 Å². The van der Waals surface area contributed by atoms with Crippen LogP contribution < -0.4 is 10.2 Å². The van der Waals surface area contributed by atoms with Gasteiger partial charge in [-0.25, -0.2) is 4.79 Å². The standard InChI is InChI=1S/C17H24N2O2/c1-16(2,3)21-15(20)19-12-10-17(9-6-11-18-17)13-7-4-5-8-14(13)19/h4-5,7-8,18H,6,9-12H2,1-3H3. The molecule has 21 heavy (non-hydrogen) atoms. The number of nitrogens with zero attached hydrogens (tertiary/aromatic N) is 1. The largest absolute Gasteiger partial charge is 0.443 e. The maximum atomic E-state index is 12.5. The van der Waals surface area contributed by atoms with Gasteiger partial charge >= 0.3 is 6.09 Å². The maximum absolute atomic E-state index is 12.5. The summed E-state index contributed by atoms with van der Waals surface area (Å²) in [5.74, 6) is 0. The molecule has 2 aliphatic rings. The Bertz CT molecular complexity index is 542. The van der Waals surface area contributed by atoms with Crippen LogP contribution in [0, 0.1) is 0 Å². The number of fused-ring (bicyclic) bond motifs is 2. The molecule has 0 aromatic heterocycles. The molecular weight excluding hydrogens is 264 g/mol. The molecular formula is C17H24N2O2. The van der Waals surface area contributed by atoms with Crippen molar-refractivity contribution in [2.24, 2.45) is 0 Å². The van der Waals surface area contributed by atoms with Crippen LogP contribution in [0.15, 0.2) is 24.3 Å². The van der Waals surface area contributed by atoms with Gasteiger partial charge in [-0.1, -0.05) is 18.2 Å². The molecule has 1 aromatic carbocycles. The van der Waals surface area contributed by atoms with Gasteiger partial charge in [0.05, 0.1) is 5.69 Å². The molecule has 1 aromatic rings. The highest BCUT2D eigenvalue weighted by Gasteiger charge is 2.42. The van der Waals surface area contributed by atoms with Crippen LogP contribution in [0.4, 0.5) is 10.5 Å². The molecule has 0 radical (unpaired) electrons. The lowest BCUT2D eigenvalue weighted by molar-refractivity contribution is 0.0572. The van der Waals surface area contributed by atoms with Crippen LogP contribution >= 0.6 is 0 Å². The molecule has 114 valence electrons. The Kier molecular flexibility index (Phi) is 3.44. The van der Waals surface area contributed by atoms with Crippen LogP contribution in [0.25, 0.3) is 0 Å². The van der Waals surface area contributed by atoms with E-state index in [0.29, 0.717) is 6.54 Å². The highest BCUT2D eigenvalue weighted by Crippen LogP contribution is 2.43. The average molecular weight is 288 g/mol. The van der Waals surface area contributed by atoms with E-state index in [1.165, 1.54) is 12.0 Å². The van der Waals surface area contributed by atoms with E-state index in [-0.39, 0.29) is 11.6 Å². The lowest BCUT2D eigenvalue weighted by Gasteiger charge is -2.41. The van der Waals surface area contributed by atoms with Gasteiger partial charge in [-0.15, -0.1) is 0 Å². The van der Waals surface area contributed by atoms with Gasteiger partial charge < -0.3 is 10.1 Å². The SMILES string of the molecule is CC(C)(C)OC(=O)N1CCC2(CCCN2)c2ccccc21. The molecule has 4 nitrogen and oxygen atoms in total. The fourth-order valence-corrected chi connectivity index (χ4v) is 3.43. The van der Waals surface area contributed by atoms with Gasteiger partial charge in [-0.3, -0.25) is 4.90 Å². The van der Waals surface area contributed by atoms with Crippen molar-refractivity contribution >= 4 is 11.8 Å². The van der Waals surface area contributed by atoms with Gasteiger partial charge in [0.15, 0.2) is 0 Å². The van der Waals surface area contributed by atoms with Crippen LogP contribution in [0.3, 0.4) is 0 Å². The molecule has 1 fully saturated rings. The van der Waals surface area contributed by atoms with Crippen molar-refractivity contribution in [1.29, 1.82) is 0 Å².